The number of nitrogens with one attached hydrogen (secondary N) is 1. The van der Waals surface area contributed by atoms with Gasteiger partial charge in [0.15, 0.2) is 5.56 Å². The van der Waals surface area contributed by atoms with Crippen molar-refractivity contribution in [1.82, 2.24) is 5.16 Å². The number of carbonyl (C=O) groups excluding carboxylic acids is 1. The number of nitrogens with zero attached hydrogens (tertiary/aromatic N) is 1. The van der Waals surface area contributed by atoms with Crippen LogP contribution in [0.2, 0.25) is 0 Å². The number of carboxylic acid groups (broad SMARTS) is 1. The van der Waals surface area contributed by atoms with Gasteiger partial charge in [-0.2, -0.15) is 0 Å². The van der Waals surface area contributed by atoms with Crippen molar-refractivity contribution in [3.05, 3.63) is 65.0 Å². The Kier molecular flexibility index (Phi) is 4.53. The summed E-state index contributed by atoms with van der Waals surface area (Å²) >= 11 is 1.33. The summed E-state index contributed by atoms with van der Waals surface area (Å²) in [6.07, 6.45) is 2.92. The summed E-state index contributed by atoms with van der Waals surface area (Å²) in [6, 6.07) is 12.8. The van der Waals surface area contributed by atoms with Crippen LogP contribution in [-0.4, -0.2) is 22.1 Å². The molecular weight excluding hydrogens is 328 g/mol. The van der Waals surface area contributed by atoms with Crippen molar-refractivity contribution >= 4 is 35.2 Å². The Morgan fingerprint density at radius 2 is 1.96 bits per heavy atom. The number of thiophene rings is 1. The highest BCUT2D eigenvalue weighted by molar-refractivity contribution is 7.13. The highest BCUT2D eigenvalue weighted by atomic mass is 32.1. The first-order valence-electron chi connectivity index (χ1n) is 6.96. The SMILES string of the molecule is O=C(/C=C/c1ccccc1)Nc1onc(-c2cccs2)c1C(=O)O. The van der Waals surface area contributed by atoms with Gasteiger partial charge in [-0.15, -0.1) is 11.3 Å². The number of aromatic nitrogens is 1. The normalized spacial score (nSPS) is 10.8. The molecule has 6 nitrogen and oxygen atoms in total. The highest BCUT2D eigenvalue weighted by Crippen LogP contribution is 2.31. The highest BCUT2D eigenvalue weighted by Gasteiger charge is 2.25. The van der Waals surface area contributed by atoms with Crippen LogP contribution in [0.25, 0.3) is 16.6 Å². The average molecular weight is 340 g/mol. The molecular formula is C17H12N2O4S. The van der Waals surface area contributed by atoms with Crippen LogP contribution >= 0.6 is 11.3 Å². The van der Waals surface area contributed by atoms with Crippen LogP contribution in [0.15, 0.2) is 58.4 Å². The number of amides is 1. The van der Waals surface area contributed by atoms with E-state index in [4.69, 9.17) is 4.52 Å². The molecule has 0 fully saturated rings. The third kappa shape index (κ3) is 3.41. The molecule has 0 aliphatic rings. The summed E-state index contributed by atoms with van der Waals surface area (Å²) < 4.78 is 5.01. The molecule has 0 spiro atoms. The number of benzene rings is 1. The Hall–Kier alpha value is -3.19. The minimum absolute atomic E-state index is 0.168. The number of anilines is 1. The second kappa shape index (κ2) is 6.93. The van der Waals surface area contributed by atoms with Gasteiger partial charge in [0.05, 0.1) is 4.88 Å². The topological polar surface area (TPSA) is 92.4 Å². The van der Waals surface area contributed by atoms with Gasteiger partial charge in [0, 0.05) is 6.08 Å². The number of hydrogen-bond donors (Lipinski definition) is 2. The summed E-state index contributed by atoms with van der Waals surface area (Å²) in [5.74, 6) is -1.91. The van der Waals surface area contributed by atoms with E-state index in [0.717, 1.165) is 5.56 Å². The number of rotatable bonds is 5. The lowest BCUT2D eigenvalue weighted by Gasteiger charge is -1.99. The van der Waals surface area contributed by atoms with E-state index in [-0.39, 0.29) is 17.1 Å². The Bertz CT molecular complexity index is 883. The smallest absolute Gasteiger partial charge is 0.343 e. The fraction of sp³-hybridized carbons (Fsp3) is 0. The van der Waals surface area contributed by atoms with Crippen molar-refractivity contribution in [1.29, 1.82) is 0 Å². The second-order valence-corrected chi connectivity index (χ2v) is 5.70. The lowest BCUT2D eigenvalue weighted by Crippen LogP contribution is -2.10. The summed E-state index contributed by atoms with van der Waals surface area (Å²) in [4.78, 5) is 24.1. The van der Waals surface area contributed by atoms with Crippen LogP contribution < -0.4 is 5.32 Å². The van der Waals surface area contributed by atoms with Crippen LogP contribution in [0.1, 0.15) is 15.9 Å². The fourth-order valence-corrected chi connectivity index (χ4v) is 2.76. The lowest BCUT2D eigenvalue weighted by molar-refractivity contribution is -0.112. The van der Waals surface area contributed by atoms with Crippen molar-refractivity contribution in [2.45, 2.75) is 0 Å². The van der Waals surface area contributed by atoms with Gasteiger partial charge in [-0.05, 0) is 23.1 Å². The van der Waals surface area contributed by atoms with Gasteiger partial charge in [0.2, 0.25) is 5.88 Å². The Morgan fingerprint density at radius 3 is 2.62 bits per heavy atom. The molecule has 0 saturated carbocycles. The first-order chi connectivity index (χ1) is 11.6. The number of carbonyl (C=O) groups is 2. The van der Waals surface area contributed by atoms with Crippen LogP contribution in [0.5, 0.6) is 0 Å². The maximum absolute atomic E-state index is 12.0. The zero-order valence-corrected chi connectivity index (χ0v) is 13.1. The predicted molar refractivity (Wildman–Crippen MR) is 90.9 cm³/mol. The van der Waals surface area contributed by atoms with Crippen LogP contribution in [0.4, 0.5) is 5.88 Å². The summed E-state index contributed by atoms with van der Waals surface area (Å²) in [5.41, 5.74) is 0.877. The monoisotopic (exact) mass is 340 g/mol. The molecule has 0 aliphatic heterocycles. The molecule has 0 atom stereocenters. The van der Waals surface area contributed by atoms with Crippen molar-refractivity contribution in [2.24, 2.45) is 0 Å². The second-order valence-electron chi connectivity index (χ2n) is 4.75. The van der Waals surface area contributed by atoms with Crippen molar-refractivity contribution in [2.75, 3.05) is 5.32 Å². The fourth-order valence-electron chi connectivity index (χ4n) is 2.04. The minimum Gasteiger partial charge on any atom is -0.477 e. The Labute approximate surface area is 141 Å². The third-order valence-electron chi connectivity index (χ3n) is 3.12. The third-order valence-corrected chi connectivity index (χ3v) is 4.00. The van der Waals surface area contributed by atoms with Crippen LogP contribution in [0, 0.1) is 0 Å². The van der Waals surface area contributed by atoms with Gasteiger partial charge in [-0.25, -0.2) is 4.79 Å². The summed E-state index contributed by atoms with van der Waals surface area (Å²) in [6.45, 7) is 0. The molecule has 2 heterocycles. The van der Waals surface area contributed by atoms with E-state index < -0.39 is 11.9 Å². The van der Waals surface area contributed by atoms with Gasteiger partial charge in [-0.3, -0.25) is 10.1 Å². The molecule has 120 valence electrons. The molecule has 3 aromatic rings. The van der Waals surface area contributed by atoms with E-state index >= 15 is 0 Å². The van der Waals surface area contributed by atoms with E-state index in [0.29, 0.717) is 4.88 Å². The van der Waals surface area contributed by atoms with Gasteiger partial charge >= 0.3 is 5.97 Å². The van der Waals surface area contributed by atoms with Crippen molar-refractivity contribution < 1.29 is 19.2 Å². The van der Waals surface area contributed by atoms with Gasteiger partial charge in [0.25, 0.3) is 5.91 Å². The molecule has 0 radical (unpaired) electrons. The largest absolute Gasteiger partial charge is 0.477 e. The zero-order valence-electron chi connectivity index (χ0n) is 12.3. The molecule has 24 heavy (non-hydrogen) atoms. The van der Waals surface area contributed by atoms with E-state index in [1.165, 1.54) is 17.4 Å². The summed E-state index contributed by atoms with van der Waals surface area (Å²) in [7, 11) is 0. The molecule has 7 heteroatoms. The standard InChI is InChI=1S/C17H12N2O4S/c20-13(9-8-11-5-2-1-3-6-11)18-16-14(17(21)22)15(19-23-16)12-7-4-10-24-12/h1-10H,(H,18,20)(H,21,22)/b9-8+. The molecule has 3 rings (SSSR count). The molecule has 1 aromatic carbocycles. The first kappa shape index (κ1) is 15.7. The van der Waals surface area contributed by atoms with E-state index in [9.17, 15) is 14.7 Å². The van der Waals surface area contributed by atoms with E-state index in [2.05, 4.69) is 10.5 Å². The molecule has 1 amide bonds. The molecule has 0 unspecified atom stereocenters. The molecule has 0 saturated heterocycles. The van der Waals surface area contributed by atoms with Crippen molar-refractivity contribution in [3.8, 4) is 10.6 Å². The molecule has 0 bridgehead atoms. The average Bonchev–Trinajstić information content (AvgIpc) is 3.23. The Balaban J connectivity index is 1.81. The number of carboxylic acids is 1. The van der Waals surface area contributed by atoms with Crippen LogP contribution in [-0.2, 0) is 4.79 Å². The summed E-state index contributed by atoms with van der Waals surface area (Å²) in [5, 5.41) is 17.4. The van der Waals surface area contributed by atoms with Gasteiger partial charge < -0.3 is 9.63 Å². The Morgan fingerprint density at radius 1 is 1.17 bits per heavy atom. The number of aromatic carboxylic acids is 1. The molecule has 0 aliphatic carbocycles. The number of hydrogen-bond acceptors (Lipinski definition) is 5. The maximum atomic E-state index is 12.0. The minimum atomic E-state index is -1.22. The van der Waals surface area contributed by atoms with E-state index in [1.54, 1.807) is 23.6 Å². The quantitative estimate of drug-likeness (QED) is 0.690. The lowest BCUT2D eigenvalue weighted by atomic mass is 10.2. The zero-order chi connectivity index (χ0) is 16.9. The first-order valence-corrected chi connectivity index (χ1v) is 7.84. The maximum Gasteiger partial charge on any atom is 0.343 e. The van der Waals surface area contributed by atoms with Crippen LogP contribution in [0.3, 0.4) is 0 Å². The van der Waals surface area contributed by atoms with Gasteiger partial charge in [0.1, 0.15) is 5.69 Å². The van der Waals surface area contributed by atoms with E-state index in [1.807, 2.05) is 30.3 Å². The predicted octanol–water partition coefficient (Wildman–Crippen LogP) is 3.75. The van der Waals surface area contributed by atoms with Gasteiger partial charge in [-0.1, -0.05) is 41.6 Å². The molecule has 2 N–H and O–H groups in total. The molecule has 2 aromatic heterocycles. The van der Waals surface area contributed by atoms with Crippen molar-refractivity contribution in [3.63, 3.8) is 0 Å².